The van der Waals surface area contributed by atoms with Crippen LogP contribution in [0.15, 0.2) is 18.2 Å². The molecular formula is C12H17ClN2O. The van der Waals surface area contributed by atoms with E-state index in [1.165, 1.54) is 0 Å². The number of ether oxygens (including phenoxy) is 1. The van der Waals surface area contributed by atoms with E-state index in [-0.39, 0.29) is 0 Å². The standard InChI is InChI=1S/C12H17ClN2O/c1-8(9-4-5-16-7-9)15-12-6-10(13)2-3-11(12)14/h2-3,6,8-9,15H,4-5,7,14H2,1H3. The van der Waals surface area contributed by atoms with Crippen molar-refractivity contribution in [2.75, 3.05) is 24.3 Å². The molecule has 88 valence electrons. The number of benzene rings is 1. The molecule has 4 heteroatoms. The van der Waals surface area contributed by atoms with Crippen molar-refractivity contribution in [2.24, 2.45) is 5.92 Å². The van der Waals surface area contributed by atoms with Crippen LogP contribution in [0.4, 0.5) is 11.4 Å². The zero-order valence-corrected chi connectivity index (χ0v) is 10.1. The Balaban J connectivity index is 2.04. The molecule has 2 rings (SSSR count). The molecule has 0 bridgehead atoms. The number of nitrogen functional groups attached to an aromatic ring is 1. The van der Waals surface area contributed by atoms with Gasteiger partial charge in [-0.15, -0.1) is 0 Å². The van der Waals surface area contributed by atoms with Crippen LogP contribution in [0.25, 0.3) is 0 Å². The monoisotopic (exact) mass is 240 g/mol. The summed E-state index contributed by atoms with van der Waals surface area (Å²) in [4.78, 5) is 0. The summed E-state index contributed by atoms with van der Waals surface area (Å²) in [5.41, 5.74) is 7.52. The van der Waals surface area contributed by atoms with E-state index in [0.29, 0.717) is 17.0 Å². The molecule has 0 saturated carbocycles. The lowest BCUT2D eigenvalue weighted by Crippen LogP contribution is -2.26. The Morgan fingerprint density at radius 2 is 2.38 bits per heavy atom. The molecule has 0 spiro atoms. The number of nitrogens with two attached hydrogens (primary N) is 1. The molecule has 3 N–H and O–H groups in total. The SMILES string of the molecule is CC(Nc1cc(Cl)ccc1N)C1CCOC1. The maximum absolute atomic E-state index is 5.94. The molecule has 1 aromatic rings. The minimum Gasteiger partial charge on any atom is -0.397 e. The largest absolute Gasteiger partial charge is 0.397 e. The van der Waals surface area contributed by atoms with Gasteiger partial charge in [0, 0.05) is 23.6 Å². The second-order valence-corrected chi connectivity index (χ2v) is 4.72. The van der Waals surface area contributed by atoms with Crippen molar-refractivity contribution in [1.82, 2.24) is 0 Å². The van der Waals surface area contributed by atoms with Crippen LogP contribution in [0, 0.1) is 5.92 Å². The van der Waals surface area contributed by atoms with Crippen molar-refractivity contribution in [3.8, 4) is 0 Å². The molecule has 1 aromatic carbocycles. The average molecular weight is 241 g/mol. The Hall–Kier alpha value is -0.930. The highest BCUT2D eigenvalue weighted by molar-refractivity contribution is 6.31. The van der Waals surface area contributed by atoms with Gasteiger partial charge in [0.05, 0.1) is 18.0 Å². The van der Waals surface area contributed by atoms with E-state index in [2.05, 4.69) is 12.2 Å². The Morgan fingerprint density at radius 1 is 1.56 bits per heavy atom. The average Bonchev–Trinajstić information content (AvgIpc) is 2.76. The van der Waals surface area contributed by atoms with Crippen molar-refractivity contribution < 1.29 is 4.74 Å². The smallest absolute Gasteiger partial charge is 0.0591 e. The van der Waals surface area contributed by atoms with E-state index in [0.717, 1.165) is 31.0 Å². The molecule has 2 unspecified atom stereocenters. The highest BCUT2D eigenvalue weighted by Crippen LogP contribution is 2.26. The number of nitrogens with one attached hydrogen (secondary N) is 1. The third kappa shape index (κ3) is 2.60. The molecule has 1 heterocycles. The van der Waals surface area contributed by atoms with E-state index in [9.17, 15) is 0 Å². The molecule has 0 aromatic heterocycles. The highest BCUT2D eigenvalue weighted by atomic mass is 35.5. The van der Waals surface area contributed by atoms with E-state index < -0.39 is 0 Å². The van der Waals surface area contributed by atoms with Crippen molar-refractivity contribution in [3.05, 3.63) is 23.2 Å². The molecule has 16 heavy (non-hydrogen) atoms. The summed E-state index contributed by atoms with van der Waals surface area (Å²) in [6, 6.07) is 5.83. The van der Waals surface area contributed by atoms with Gasteiger partial charge < -0.3 is 15.8 Å². The molecule has 1 aliphatic heterocycles. The van der Waals surface area contributed by atoms with E-state index in [4.69, 9.17) is 22.1 Å². The first-order valence-electron chi connectivity index (χ1n) is 5.56. The fourth-order valence-electron chi connectivity index (χ4n) is 1.96. The highest BCUT2D eigenvalue weighted by Gasteiger charge is 2.22. The fourth-order valence-corrected chi connectivity index (χ4v) is 2.14. The summed E-state index contributed by atoms with van der Waals surface area (Å²) in [6.45, 7) is 3.84. The third-order valence-electron chi connectivity index (χ3n) is 3.07. The lowest BCUT2D eigenvalue weighted by molar-refractivity contribution is 0.183. The van der Waals surface area contributed by atoms with Crippen LogP contribution < -0.4 is 11.1 Å². The lowest BCUT2D eigenvalue weighted by atomic mass is 10.0. The van der Waals surface area contributed by atoms with Gasteiger partial charge in [-0.1, -0.05) is 11.6 Å². The van der Waals surface area contributed by atoms with E-state index >= 15 is 0 Å². The number of hydrogen-bond donors (Lipinski definition) is 2. The topological polar surface area (TPSA) is 47.3 Å². The first kappa shape index (κ1) is 11.6. The van der Waals surface area contributed by atoms with Gasteiger partial charge in [0.2, 0.25) is 0 Å². The van der Waals surface area contributed by atoms with Crippen LogP contribution in [0.3, 0.4) is 0 Å². The zero-order valence-electron chi connectivity index (χ0n) is 9.37. The van der Waals surface area contributed by atoms with Crippen LogP contribution in [0.5, 0.6) is 0 Å². The summed E-state index contributed by atoms with van der Waals surface area (Å²) in [5.74, 6) is 0.554. The molecule has 0 radical (unpaired) electrons. The Labute approximate surface area is 101 Å². The van der Waals surface area contributed by atoms with E-state index in [1.54, 1.807) is 6.07 Å². The Morgan fingerprint density at radius 3 is 3.06 bits per heavy atom. The minimum absolute atomic E-state index is 0.350. The van der Waals surface area contributed by atoms with Crippen molar-refractivity contribution in [3.63, 3.8) is 0 Å². The summed E-state index contributed by atoms with van der Waals surface area (Å²) in [7, 11) is 0. The lowest BCUT2D eigenvalue weighted by Gasteiger charge is -2.21. The first-order chi connectivity index (χ1) is 7.66. The fraction of sp³-hybridized carbons (Fsp3) is 0.500. The second kappa shape index (κ2) is 4.93. The number of anilines is 2. The van der Waals surface area contributed by atoms with Gasteiger partial charge in [-0.25, -0.2) is 0 Å². The summed E-state index contributed by atoms with van der Waals surface area (Å²) < 4.78 is 5.37. The third-order valence-corrected chi connectivity index (χ3v) is 3.31. The molecule has 1 aliphatic rings. The van der Waals surface area contributed by atoms with Gasteiger partial charge in [0.15, 0.2) is 0 Å². The quantitative estimate of drug-likeness (QED) is 0.799. The van der Waals surface area contributed by atoms with Crippen molar-refractivity contribution >= 4 is 23.0 Å². The zero-order chi connectivity index (χ0) is 11.5. The second-order valence-electron chi connectivity index (χ2n) is 4.29. The van der Waals surface area contributed by atoms with Gasteiger partial charge in [-0.2, -0.15) is 0 Å². The summed E-state index contributed by atoms with van der Waals surface area (Å²) >= 11 is 5.94. The van der Waals surface area contributed by atoms with Gasteiger partial charge in [-0.05, 0) is 31.5 Å². The Bertz CT molecular complexity index is 364. The molecule has 0 aliphatic carbocycles. The van der Waals surface area contributed by atoms with Crippen LogP contribution in [-0.2, 0) is 4.74 Å². The van der Waals surface area contributed by atoms with Crippen LogP contribution in [-0.4, -0.2) is 19.3 Å². The van der Waals surface area contributed by atoms with Crippen molar-refractivity contribution in [2.45, 2.75) is 19.4 Å². The normalized spacial score (nSPS) is 22.0. The minimum atomic E-state index is 0.350. The maximum atomic E-state index is 5.94. The predicted octanol–water partition coefficient (Wildman–Crippen LogP) is 2.76. The summed E-state index contributed by atoms with van der Waals surface area (Å²) in [5, 5.41) is 4.10. The van der Waals surface area contributed by atoms with E-state index in [1.807, 2.05) is 12.1 Å². The number of hydrogen-bond acceptors (Lipinski definition) is 3. The molecule has 1 saturated heterocycles. The predicted molar refractivity (Wildman–Crippen MR) is 67.9 cm³/mol. The van der Waals surface area contributed by atoms with Gasteiger partial charge >= 0.3 is 0 Å². The van der Waals surface area contributed by atoms with Crippen LogP contribution in [0.2, 0.25) is 5.02 Å². The molecule has 3 nitrogen and oxygen atoms in total. The molecule has 2 atom stereocenters. The first-order valence-corrected chi connectivity index (χ1v) is 5.94. The van der Waals surface area contributed by atoms with Crippen LogP contribution in [0.1, 0.15) is 13.3 Å². The molecule has 0 amide bonds. The van der Waals surface area contributed by atoms with Gasteiger partial charge in [-0.3, -0.25) is 0 Å². The summed E-state index contributed by atoms with van der Waals surface area (Å²) in [6.07, 6.45) is 1.11. The van der Waals surface area contributed by atoms with Crippen LogP contribution >= 0.6 is 11.6 Å². The van der Waals surface area contributed by atoms with Gasteiger partial charge in [0.25, 0.3) is 0 Å². The number of halogens is 1. The maximum Gasteiger partial charge on any atom is 0.0591 e. The number of rotatable bonds is 3. The van der Waals surface area contributed by atoms with Crippen molar-refractivity contribution in [1.29, 1.82) is 0 Å². The molecular weight excluding hydrogens is 224 g/mol. The molecule has 1 fully saturated rings. The van der Waals surface area contributed by atoms with Gasteiger partial charge in [0.1, 0.15) is 0 Å². The Kier molecular flexibility index (Phi) is 3.56.